The fourth-order valence-corrected chi connectivity index (χ4v) is 10.8. The Bertz CT molecular complexity index is 249. The highest BCUT2D eigenvalue weighted by molar-refractivity contribution is 6.77. The predicted molar refractivity (Wildman–Crippen MR) is 93.2 cm³/mol. The van der Waals surface area contributed by atoms with Gasteiger partial charge in [0.2, 0.25) is 0 Å². The molecule has 0 atom stereocenters. The van der Waals surface area contributed by atoms with Crippen LogP contribution in [0.15, 0.2) is 0 Å². The van der Waals surface area contributed by atoms with Crippen LogP contribution in [-0.2, 0) is 17.7 Å². The van der Waals surface area contributed by atoms with Gasteiger partial charge in [0.05, 0.1) is 0 Å². The summed E-state index contributed by atoms with van der Waals surface area (Å²) in [5.74, 6) is 0. The van der Waals surface area contributed by atoms with Crippen molar-refractivity contribution in [3.63, 3.8) is 0 Å². The van der Waals surface area contributed by atoms with Crippen LogP contribution in [0.1, 0.15) is 48.0 Å². The monoisotopic (exact) mass is 336 g/mol. The summed E-state index contributed by atoms with van der Waals surface area (Å²) in [7, 11) is 0.765. The molecule has 0 aromatic heterocycles. The van der Waals surface area contributed by atoms with Crippen LogP contribution < -0.4 is 0 Å². The molecule has 0 radical (unpaired) electrons. The maximum absolute atomic E-state index is 6.54. The van der Waals surface area contributed by atoms with Crippen LogP contribution in [0.4, 0.5) is 0 Å². The van der Waals surface area contributed by atoms with E-state index in [9.17, 15) is 0 Å². The second kappa shape index (κ2) is 9.42. The summed E-state index contributed by atoms with van der Waals surface area (Å²) < 4.78 is 22.9. The summed E-state index contributed by atoms with van der Waals surface area (Å²) in [6.45, 7) is 14.6. The van der Waals surface area contributed by atoms with Gasteiger partial charge in [-0.15, -0.1) is 0 Å². The maximum atomic E-state index is 6.54. The van der Waals surface area contributed by atoms with Crippen molar-refractivity contribution in [2.75, 3.05) is 27.9 Å². The van der Waals surface area contributed by atoms with Gasteiger partial charge in [0.15, 0.2) is 8.32 Å². The molecule has 0 heterocycles. The van der Waals surface area contributed by atoms with Crippen LogP contribution in [0.3, 0.4) is 0 Å². The Morgan fingerprint density at radius 2 is 1.10 bits per heavy atom. The average molecular weight is 337 g/mol. The van der Waals surface area contributed by atoms with E-state index in [4.69, 9.17) is 17.7 Å². The molecule has 6 heteroatoms. The van der Waals surface area contributed by atoms with Gasteiger partial charge in [-0.05, 0) is 23.0 Å². The lowest BCUT2D eigenvalue weighted by Gasteiger charge is -2.42. The van der Waals surface area contributed by atoms with E-state index in [1.54, 1.807) is 21.3 Å². The predicted octanol–water partition coefficient (Wildman–Crippen LogP) is 4.45. The highest BCUT2D eigenvalue weighted by Gasteiger charge is 2.45. The van der Waals surface area contributed by atoms with Gasteiger partial charge < -0.3 is 17.7 Å². The SMILES string of the molecule is CO[Si](CCCO[Si](C(C)C)(C(C)C)C(C)C)(OC)OC. The lowest BCUT2D eigenvalue weighted by Crippen LogP contribution is -2.48. The van der Waals surface area contributed by atoms with E-state index in [0.29, 0.717) is 16.6 Å². The Hall–Kier alpha value is 0.274. The van der Waals surface area contributed by atoms with Crippen molar-refractivity contribution in [3.05, 3.63) is 0 Å². The molecule has 0 spiro atoms. The molecule has 128 valence electrons. The topological polar surface area (TPSA) is 36.9 Å². The smallest absolute Gasteiger partial charge is 0.416 e. The Kier molecular flexibility index (Phi) is 9.54. The molecule has 0 aromatic carbocycles. The van der Waals surface area contributed by atoms with Gasteiger partial charge in [0.25, 0.3) is 0 Å². The van der Waals surface area contributed by atoms with Crippen LogP contribution in [0, 0.1) is 0 Å². The molecule has 0 aromatic rings. The second-order valence-corrected chi connectivity index (χ2v) is 15.1. The molecule has 0 amide bonds. The van der Waals surface area contributed by atoms with E-state index in [-0.39, 0.29) is 0 Å². The van der Waals surface area contributed by atoms with E-state index in [2.05, 4.69) is 41.5 Å². The first kappa shape index (κ1) is 21.3. The van der Waals surface area contributed by atoms with Gasteiger partial charge >= 0.3 is 8.80 Å². The molecule has 0 aliphatic carbocycles. The molecule has 4 nitrogen and oxygen atoms in total. The van der Waals surface area contributed by atoms with Crippen molar-refractivity contribution in [1.29, 1.82) is 0 Å². The highest BCUT2D eigenvalue weighted by Crippen LogP contribution is 2.42. The van der Waals surface area contributed by atoms with Crippen LogP contribution in [-0.4, -0.2) is 45.1 Å². The van der Waals surface area contributed by atoms with Crippen molar-refractivity contribution in [3.8, 4) is 0 Å². The van der Waals surface area contributed by atoms with E-state index in [1.807, 2.05) is 0 Å². The van der Waals surface area contributed by atoms with Gasteiger partial charge in [0.1, 0.15) is 0 Å². The fraction of sp³-hybridized carbons (Fsp3) is 1.00. The third-order valence-corrected chi connectivity index (χ3v) is 13.6. The molecule has 0 N–H and O–H groups in total. The first-order chi connectivity index (χ1) is 9.72. The summed E-state index contributed by atoms with van der Waals surface area (Å²) in [6, 6.07) is 0.801. The largest absolute Gasteiger partial charge is 0.500 e. The number of hydrogen-bond acceptors (Lipinski definition) is 4. The number of hydrogen-bond donors (Lipinski definition) is 0. The quantitative estimate of drug-likeness (QED) is 0.413. The summed E-state index contributed by atoms with van der Waals surface area (Å²) in [4.78, 5) is 0. The van der Waals surface area contributed by atoms with E-state index in [1.165, 1.54) is 0 Å². The normalized spacial score (nSPS) is 13.7. The van der Waals surface area contributed by atoms with Gasteiger partial charge in [-0.1, -0.05) is 41.5 Å². The summed E-state index contributed by atoms with van der Waals surface area (Å²) in [5, 5.41) is 0. The Morgan fingerprint density at radius 3 is 1.38 bits per heavy atom. The molecule has 0 bridgehead atoms. The molecule has 0 rings (SSSR count). The lowest BCUT2D eigenvalue weighted by molar-refractivity contribution is 0.120. The standard InChI is InChI=1S/C15H36O4Si2/c1-13(2)21(14(3)4,15(5)6)19-11-10-12-20(16-7,17-8)18-9/h13-15H,10-12H2,1-9H3. The third kappa shape index (κ3) is 5.15. The molecule has 0 aliphatic rings. The first-order valence-electron chi connectivity index (χ1n) is 8.01. The van der Waals surface area contributed by atoms with Crippen LogP contribution in [0.5, 0.6) is 0 Å². The summed E-state index contributed by atoms with van der Waals surface area (Å²) in [6.07, 6.45) is 0.919. The molecular weight excluding hydrogens is 300 g/mol. The summed E-state index contributed by atoms with van der Waals surface area (Å²) >= 11 is 0. The van der Waals surface area contributed by atoms with Crippen molar-refractivity contribution in [1.82, 2.24) is 0 Å². The van der Waals surface area contributed by atoms with Crippen LogP contribution >= 0.6 is 0 Å². The Balaban J connectivity index is 4.66. The van der Waals surface area contributed by atoms with Gasteiger partial charge in [0, 0.05) is 34.0 Å². The average Bonchev–Trinajstić information content (AvgIpc) is 2.42. The summed E-state index contributed by atoms with van der Waals surface area (Å²) in [5.41, 5.74) is 1.85. The van der Waals surface area contributed by atoms with Gasteiger partial charge in [-0.25, -0.2) is 0 Å². The Labute approximate surface area is 134 Å². The van der Waals surface area contributed by atoms with Crippen LogP contribution in [0.2, 0.25) is 22.7 Å². The molecule has 0 saturated carbocycles. The molecule has 0 unspecified atom stereocenters. The molecule has 0 fully saturated rings. The molecular formula is C15H36O4Si2. The first-order valence-corrected chi connectivity index (χ1v) is 12.1. The van der Waals surface area contributed by atoms with Gasteiger partial charge in [-0.2, -0.15) is 0 Å². The highest BCUT2D eigenvalue weighted by atomic mass is 28.4. The lowest BCUT2D eigenvalue weighted by atomic mass is 10.5. The van der Waals surface area contributed by atoms with Crippen molar-refractivity contribution < 1.29 is 17.7 Å². The zero-order valence-electron chi connectivity index (χ0n) is 15.5. The van der Waals surface area contributed by atoms with Crippen molar-refractivity contribution >= 4 is 17.1 Å². The zero-order chi connectivity index (χ0) is 16.7. The van der Waals surface area contributed by atoms with E-state index < -0.39 is 17.1 Å². The van der Waals surface area contributed by atoms with Crippen molar-refractivity contribution in [2.45, 2.75) is 70.6 Å². The minimum Gasteiger partial charge on any atom is -0.416 e. The molecule has 0 saturated heterocycles. The fourth-order valence-electron chi connectivity index (χ4n) is 3.59. The minimum absolute atomic E-state index is 0.617. The maximum Gasteiger partial charge on any atom is 0.500 e. The van der Waals surface area contributed by atoms with Gasteiger partial charge in [-0.3, -0.25) is 0 Å². The zero-order valence-corrected chi connectivity index (χ0v) is 17.5. The second-order valence-electron chi connectivity index (χ2n) is 6.57. The van der Waals surface area contributed by atoms with Crippen LogP contribution in [0.25, 0.3) is 0 Å². The van der Waals surface area contributed by atoms with Crippen molar-refractivity contribution in [2.24, 2.45) is 0 Å². The van der Waals surface area contributed by atoms with E-state index in [0.717, 1.165) is 19.1 Å². The molecule has 0 aliphatic heterocycles. The number of rotatable bonds is 11. The minimum atomic E-state index is -2.46. The molecule has 21 heavy (non-hydrogen) atoms. The Morgan fingerprint density at radius 1 is 0.714 bits per heavy atom. The third-order valence-electron chi connectivity index (χ3n) is 4.62. The van der Waals surface area contributed by atoms with E-state index >= 15 is 0 Å².